The molecular weight excluding hydrogens is 380 g/mol. The molecule has 6 heteroatoms. The quantitative estimate of drug-likeness (QED) is 0.503. The van der Waals surface area contributed by atoms with Gasteiger partial charge in [0, 0.05) is 48.5 Å². The molecule has 3 fully saturated rings. The highest BCUT2D eigenvalue weighted by atomic mass is 32.2. The molecule has 29 heavy (non-hydrogen) atoms. The number of likely N-dealkylation sites (tertiary alicyclic amines) is 1. The van der Waals surface area contributed by atoms with Gasteiger partial charge in [-0.15, -0.1) is 11.8 Å². The number of hydrogen-bond acceptors (Lipinski definition) is 4. The Morgan fingerprint density at radius 1 is 1.21 bits per heavy atom. The van der Waals surface area contributed by atoms with Crippen LogP contribution in [0.5, 0.6) is 0 Å². The van der Waals surface area contributed by atoms with Gasteiger partial charge in [-0.05, 0) is 57.1 Å². The van der Waals surface area contributed by atoms with Crippen molar-refractivity contribution in [3.05, 3.63) is 30.3 Å². The topological polar surface area (TPSA) is 48.9 Å². The molecule has 1 aromatic rings. The number of nitrogens with one attached hydrogen (secondary N) is 2. The minimum atomic E-state index is 0.302. The summed E-state index contributed by atoms with van der Waals surface area (Å²) in [5.41, 5.74) is 0. The molecule has 0 aromatic heterocycles. The second-order valence-corrected chi connectivity index (χ2v) is 10.3. The van der Waals surface area contributed by atoms with Crippen molar-refractivity contribution >= 4 is 17.7 Å². The van der Waals surface area contributed by atoms with E-state index < -0.39 is 0 Å². The van der Waals surface area contributed by atoms with Crippen molar-refractivity contribution in [2.45, 2.75) is 54.7 Å². The highest BCUT2D eigenvalue weighted by molar-refractivity contribution is 8.01. The van der Waals surface area contributed by atoms with Crippen LogP contribution in [0.25, 0.3) is 0 Å². The van der Waals surface area contributed by atoms with Crippen molar-refractivity contribution in [1.82, 2.24) is 15.5 Å². The third-order valence-electron chi connectivity index (χ3n) is 6.22. The van der Waals surface area contributed by atoms with Crippen molar-refractivity contribution in [2.75, 3.05) is 45.9 Å². The van der Waals surface area contributed by atoms with Crippen LogP contribution >= 0.6 is 11.8 Å². The second kappa shape index (κ2) is 10.2. The Bertz CT molecular complexity index is 650. The van der Waals surface area contributed by atoms with E-state index in [0.29, 0.717) is 10.8 Å². The van der Waals surface area contributed by atoms with E-state index in [9.17, 15) is 0 Å². The molecule has 0 radical (unpaired) electrons. The van der Waals surface area contributed by atoms with Gasteiger partial charge in [-0.25, -0.2) is 0 Å². The van der Waals surface area contributed by atoms with Crippen molar-refractivity contribution in [2.24, 2.45) is 10.9 Å². The molecule has 1 saturated carbocycles. The minimum Gasteiger partial charge on any atom is -0.381 e. The summed E-state index contributed by atoms with van der Waals surface area (Å²) in [5, 5.41) is 7.18. The third kappa shape index (κ3) is 6.37. The molecule has 2 heterocycles. The molecule has 1 aliphatic carbocycles. The number of aliphatic imine (C=N–C) groups is 1. The largest absolute Gasteiger partial charge is 0.381 e. The summed E-state index contributed by atoms with van der Waals surface area (Å²) in [4.78, 5) is 8.97. The van der Waals surface area contributed by atoms with Crippen LogP contribution in [-0.4, -0.2) is 67.6 Å². The maximum Gasteiger partial charge on any atom is 0.191 e. The fourth-order valence-electron chi connectivity index (χ4n) is 4.26. The summed E-state index contributed by atoms with van der Waals surface area (Å²) in [6.45, 7) is 9.43. The smallest absolute Gasteiger partial charge is 0.191 e. The van der Waals surface area contributed by atoms with Gasteiger partial charge in [0.1, 0.15) is 0 Å². The summed E-state index contributed by atoms with van der Waals surface area (Å²) >= 11 is 2.00. The SMILES string of the molecule is CCNC(=NCC1(Sc2ccccc2)CC1)NC1CCN(CC2CCOC2)CC1. The lowest BCUT2D eigenvalue weighted by Gasteiger charge is -2.34. The first kappa shape index (κ1) is 21.0. The van der Waals surface area contributed by atoms with Crippen LogP contribution in [0.3, 0.4) is 0 Å². The number of thioether (sulfide) groups is 1. The summed E-state index contributed by atoms with van der Waals surface area (Å²) in [5.74, 6) is 1.74. The van der Waals surface area contributed by atoms with Crippen molar-refractivity contribution in [3.63, 3.8) is 0 Å². The Morgan fingerprint density at radius 2 is 2.00 bits per heavy atom. The van der Waals surface area contributed by atoms with E-state index in [2.05, 4.69) is 52.8 Å². The molecule has 0 bridgehead atoms. The van der Waals surface area contributed by atoms with E-state index in [-0.39, 0.29) is 0 Å². The van der Waals surface area contributed by atoms with Crippen LogP contribution < -0.4 is 10.6 Å². The summed E-state index contributed by atoms with van der Waals surface area (Å²) in [6.07, 6.45) is 6.15. The molecule has 4 rings (SSSR count). The number of nitrogens with zero attached hydrogens (tertiary/aromatic N) is 2. The van der Waals surface area contributed by atoms with Crippen LogP contribution in [-0.2, 0) is 4.74 Å². The van der Waals surface area contributed by atoms with Gasteiger partial charge in [-0.2, -0.15) is 0 Å². The van der Waals surface area contributed by atoms with Crippen LogP contribution in [0.15, 0.2) is 40.2 Å². The summed E-state index contributed by atoms with van der Waals surface area (Å²) in [6, 6.07) is 11.3. The highest BCUT2D eigenvalue weighted by Gasteiger charge is 2.43. The lowest BCUT2D eigenvalue weighted by atomic mass is 10.0. The van der Waals surface area contributed by atoms with Crippen LogP contribution in [0.4, 0.5) is 0 Å². The molecule has 2 saturated heterocycles. The first-order valence-electron chi connectivity index (χ1n) is 11.3. The number of piperidine rings is 1. The van der Waals surface area contributed by atoms with Crippen molar-refractivity contribution in [3.8, 4) is 0 Å². The molecule has 5 nitrogen and oxygen atoms in total. The van der Waals surface area contributed by atoms with Gasteiger partial charge in [-0.1, -0.05) is 18.2 Å². The van der Waals surface area contributed by atoms with Gasteiger partial charge in [0.25, 0.3) is 0 Å². The molecule has 0 spiro atoms. The van der Waals surface area contributed by atoms with Gasteiger partial charge in [0.05, 0.1) is 13.2 Å². The van der Waals surface area contributed by atoms with Crippen molar-refractivity contribution in [1.29, 1.82) is 0 Å². The van der Waals surface area contributed by atoms with Crippen molar-refractivity contribution < 1.29 is 4.74 Å². The van der Waals surface area contributed by atoms with Gasteiger partial charge < -0.3 is 20.3 Å². The molecular formula is C23H36N4OS. The molecule has 0 amide bonds. The summed E-state index contributed by atoms with van der Waals surface area (Å²) in [7, 11) is 0. The highest BCUT2D eigenvalue weighted by Crippen LogP contribution is 2.51. The van der Waals surface area contributed by atoms with Gasteiger partial charge >= 0.3 is 0 Å². The van der Waals surface area contributed by atoms with Gasteiger partial charge in [0.15, 0.2) is 5.96 Å². The van der Waals surface area contributed by atoms with E-state index in [0.717, 1.165) is 38.2 Å². The van der Waals surface area contributed by atoms with Crippen LogP contribution in [0.2, 0.25) is 0 Å². The zero-order valence-corrected chi connectivity index (χ0v) is 18.6. The lowest BCUT2D eigenvalue weighted by molar-refractivity contribution is 0.150. The fraction of sp³-hybridized carbons (Fsp3) is 0.696. The Kier molecular flexibility index (Phi) is 7.38. The van der Waals surface area contributed by atoms with Crippen LogP contribution in [0, 0.1) is 5.92 Å². The first-order chi connectivity index (χ1) is 14.2. The first-order valence-corrected chi connectivity index (χ1v) is 12.2. The normalized spacial score (nSPS) is 25.1. The molecule has 2 N–H and O–H groups in total. The minimum absolute atomic E-state index is 0.302. The Balaban J connectivity index is 1.24. The predicted molar refractivity (Wildman–Crippen MR) is 122 cm³/mol. The monoisotopic (exact) mass is 416 g/mol. The van der Waals surface area contributed by atoms with E-state index >= 15 is 0 Å². The molecule has 2 aliphatic heterocycles. The molecule has 1 atom stereocenters. The van der Waals surface area contributed by atoms with Gasteiger partial charge in [-0.3, -0.25) is 4.99 Å². The third-order valence-corrected chi connectivity index (χ3v) is 7.70. The Labute approximate surface area is 180 Å². The Morgan fingerprint density at radius 3 is 2.66 bits per heavy atom. The number of ether oxygens (including phenoxy) is 1. The van der Waals surface area contributed by atoms with E-state index in [1.54, 1.807) is 0 Å². The predicted octanol–water partition coefficient (Wildman–Crippen LogP) is 3.37. The Hall–Kier alpha value is -1.24. The number of benzene rings is 1. The summed E-state index contributed by atoms with van der Waals surface area (Å²) < 4.78 is 5.83. The van der Waals surface area contributed by atoms with Crippen LogP contribution in [0.1, 0.15) is 39.0 Å². The van der Waals surface area contributed by atoms with Gasteiger partial charge in [0.2, 0.25) is 0 Å². The zero-order chi connectivity index (χ0) is 19.9. The average molecular weight is 417 g/mol. The van der Waals surface area contributed by atoms with E-state index in [4.69, 9.17) is 9.73 Å². The standard InChI is InChI=1S/C23H36N4OS/c1-2-24-22(25-18-23(11-12-23)29-21-6-4-3-5-7-21)26-20-8-13-27(14-9-20)16-19-10-15-28-17-19/h3-7,19-20H,2,8-18H2,1H3,(H2,24,25,26). The second-order valence-electron chi connectivity index (χ2n) is 8.74. The molecule has 1 unspecified atom stereocenters. The van der Waals surface area contributed by atoms with E-state index in [1.165, 1.54) is 56.6 Å². The molecule has 1 aromatic carbocycles. The zero-order valence-electron chi connectivity index (χ0n) is 17.7. The maximum absolute atomic E-state index is 5.53. The number of guanidine groups is 1. The maximum atomic E-state index is 5.53. The molecule has 160 valence electrons. The van der Waals surface area contributed by atoms with E-state index in [1.807, 2.05) is 11.8 Å². The number of rotatable bonds is 8. The fourth-order valence-corrected chi connectivity index (χ4v) is 5.49. The lowest BCUT2D eigenvalue weighted by Crippen LogP contribution is -2.49. The average Bonchev–Trinajstić information content (AvgIpc) is 3.31. The number of hydrogen-bond donors (Lipinski definition) is 2. The molecule has 3 aliphatic rings.